The third-order valence-electron chi connectivity index (χ3n) is 2.73. The maximum Gasteiger partial charge on any atom is 0.262 e. The number of carbonyl (C=O) groups excluding carboxylic acids is 1. The van der Waals surface area contributed by atoms with E-state index in [0.717, 1.165) is 11.6 Å². The lowest BCUT2D eigenvalue weighted by molar-refractivity contribution is -0.118. The van der Waals surface area contributed by atoms with Crippen LogP contribution in [0.5, 0.6) is 5.75 Å². The Bertz CT molecular complexity index is 708. The van der Waals surface area contributed by atoms with E-state index in [1.165, 1.54) is 12.1 Å². The highest BCUT2D eigenvalue weighted by atomic mass is 19.1. The van der Waals surface area contributed by atoms with Gasteiger partial charge in [0.15, 0.2) is 6.61 Å². The van der Waals surface area contributed by atoms with Crippen LogP contribution in [0.2, 0.25) is 0 Å². The summed E-state index contributed by atoms with van der Waals surface area (Å²) in [6.07, 6.45) is 0. The van der Waals surface area contributed by atoms with Crippen molar-refractivity contribution in [2.75, 3.05) is 11.9 Å². The zero-order chi connectivity index (χ0) is 15.2. The van der Waals surface area contributed by atoms with Crippen molar-refractivity contribution in [3.63, 3.8) is 0 Å². The lowest BCUT2D eigenvalue weighted by atomic mass is 10.2. The number of ether oxygens (including phenoxy) is 1. The zero-order valence-electron chi connectivity index (χ0n) is 11.4. The Balaban J connectivity index is 1.92. The van der Waals surface area contributed by atoms with Crippen LogP contribution in [0.1, 0.15) is 11.1 Å². The Morgan fingerprint density at radius 2 is 2.14 bits per heavy atom. The Hall–Kier alpha value is -2.87. The highest BCUT2D eigenvalue weighted by Crippen LogP contribution is 2.16. The number of benzene rings is 2. The third kappa shape index (κ3) is 4.05. The molecule has 106 valence electrons. The monoisotopic (exact) mass is 284 g/mol. The molecule has 0 unspecified atom stereocenters. The first-order valence-electron chi connectivity index (χ1n) is 6.27. The quantitative estimate of drug-likeness (QED) is 0.938. The molecule has 0 saturated heterocycles. The number of hydrogen-bond donors (Lipinski definition) is 1. The van der Waals surface area contributed by atoms with E-state index in [-0.39, 0.29) is 23.8 Å². The maximum atomic E-state index is 13.4. The number of nitrogens with zero attached hydrogens (tertiary/aromatic N) is 1. The predicted molar refractivity (Wildman–Crippen MR) is 76.4 cm³/mol. The molecule has 2 aromatic rings. The zero-order valence-corrected chi connectivity index (χ0v) is 11.4. The first-order chi connectivity index (χ1) is 10.1. The number of rotatable bonds is 4. The summed E-state index contributed by atoms with van der Waals surface area (Å²) in [6, 6.07) is 12.9. The molecule has 21 heavy (non-hydrogen) atoms. The topological polar surface area (TPSA) is 62.1 Å². The van der Waals surface area contributed by atoms with Crippen molar-refractivity contribution in [3.8, 4) is 11.8 Å². The van der Waals surface area contributed by atoms with E-state index in [1.807, 2.05) is 25.1 Å². The SMILES string of the molecule is Cc1cccc(NC(=O)COc2ccc(C#N)c(F)c2)c1. The number of amides is 1. The van der Waals surface area contributed by atoms with Gasteiger partial charge in [-0.05, 0) is 36.8 Å². The standard InChI is InChI=1S/C16H13FN2O2/c1-11-3-2-4-13(7-11)19-16(20)10-21-14-6-5-12(9-18)15(17)8-14/h2-8H,10H2,1H3,(H,19,20). The summed E-state index contributed by atoms with van der Waals surface area (Å²) in [5, 5.41) is 11.3. The van der Waals surface area contributed by atoms with Crippen LogP contribution in [0.15, 0.2) is 42.5 Å². The minimum atomic E-state index is -0.672. The van der Waals surface area contributed by atoms with E-state index < -0.39 is 5.82 Å². The van der Waals surface area contributed by atoms with Crippen molar-refractivity contribution in [1.82, 2.24) is 0 Å². The van der Waals surface area contributed by atoms with E-state index in [2.05, 4.69) is 5.32 Å². The Kier molecular flexibility index (Phi) is 4.52. The summed E-state index contributed by atoms with van der Waals surface area (Å²) in [6.45, 7) is 1.69. The highest BCUT2D eigenvalue weighted by Gasteiger charge is 2.06. The normalized spacial score (nSPS) is 9.76. The van der Waals surface area contributed by atoms with E-state index in [0.29, 0.717) is 5.69 Å². The van der Waals surface area contributed by atoms with Crippen LogP contribution in [0.4, 0.5) is 10.1 Å². The summed E-state index contributed by atoms with van der Waals surface area (Å²) in [4.78, 5) is 11.7. The molecule has 0 saturated carbocycles. The van der Waals surface area contributed by atoms with Crippen LogP contribution >= 0.6 is 0 Å². The van der Waals surface area contributed by atoms with E-state index in [1.54, 1.807) is 12.1 Å². The molecule has 0 aliphatic carbocycles. The summed E-state index contributed by atoms with van der Waals surface area (Å²) >= 11 is 0. The van der Waals surface area contributed by atoms with Crippen molar-refractivity contribution in [3.05, 3.63) is 59.4 Å². The van der Waals surface area contributed by atoms with Gasteiger partial charge >= 0.3 is 0 Å². The number of carbonyl (C=O) groups is 1. The molecule has 0 heterocycles. The highest BCUT2D eigenvalue weighted by molar-refractivity contribution is 5.91. The molecule has 0 radical (unpaired) electrons. The number of nitrogens with one attached hydrogen (secondary N) is 1. The molecule has 0 fully saturated rings. The van der Waals surface area contributed by atoms with Crippen molar-refractivity contribution in [2.24, 2.45) is 0 Å². The number of anilines is 1. The average Bonchev–Trinajstić information content (AvgIpc) is 2.45. The fraction of sp³-hybridized carbons (Fsp3) is 0.125. The lowest BCUT2D eigenvalue weighted by Gasteiger charge is -2.08. The van der Waals surface area contributed by atoms with E-state index in [9.17, 15) is 9.18 Å². The van der Waals surface area contributed by atoms with Gasteiger partial charge in [-0.15, -0.1) is 0 Å². The van der Waals surface area contributed by atoms with Crippen LogP contribution in [0, 0.1) is 24.1 Å². The van der Waals surface area contributed by atoms with Gasteiger partial charge in [0.25, 0.3) is 5.91 Å². The smallest absolute Gasteiger partial charge is 0.262 e. The van der Waals surface area contributed by atoms with Gasteiger partial charge in [-0.3, -0.25) is 4.79 Å². The van der Waals surface area contributed by atoms with E-state index >= 15 is 0 Å². The van der Waals surface area contributed by atoms with Crippen LogP contribution in [0.3, 0.4) is 0 Å². The van der Waals surface area contributed by atoms with Gasteiger partial charge in [0.2, 0.25) is 0 Å². The van der Waals surface area contributed by atoms with Crippen LogP contribution < -0.4 is 10.1 Å². The molecule has 0 aliphatic heterocycles. The van der Waals surface area contributed by atoms with Gasteiger partial charge in [-0.25, -0.2) is 4.39 Å². The summed E-state index contributed by atoms with van der Waals surface area (Å²) in [5.41, 5.74) is 1.64. The fourth-order valence-corrected chi connectivity index (χ4v) is 1.75. The summed E-state index contributed by atoms with van der Waals surface area (Å²) < 4.78 is 18.6. The molecule has 0 bridgehead atoms. The van der Waals surface area contributed by atoms with E-state index in [4.69, 9.17) is 10.00 Å². The number of hydrogen-bond acceptors (Lipinski definition) is 3. The number of halogens is 1. The fourth-order valence-electron chi connectivity index (χ4n) is 1.75. The molecule has 2 rings (SSSR count). The first-order valence-corrected chi connectivity index (χ1v) is 6.27. The molecule has 4 nitrogen and oxygen atoms in total. The molecule has 1 amide bonds. The molecule has 0 aliphatic rings. The summed E-state index contributed by atoms with van der Waals surface area (Å²) in [7, 11) is 0. The second-order valence-corrected chi connectivity index (χ2v) is 4.46. The second-order valence-electron chi connectivity index (χ2n) is 4.46. The lowest BCUT2D eigenvalue weighted by Crippen LogP contribution is -2.20. The van der Waals surface area contributed by atoms with Crippen molar-refractivity contribution in [1.29, 1.82) is 5.26 Å². The Morgan fingerprint density at radius 3 is 2.81 bits per heavy atom. The van der Waals surface area contributed by atoms with Gasteiger partial charge < -0.3 is 10.1 Å². The molecular formula is C16H13FN2O2. The summed E-state index contributed by atoms with van der Waals surface area (Å²) in [5.74, 6) is -0.814. The van der Waals surface area contributed by atoms with Crippen molar-refractivity contribution in [2.45, 2.75) is 6.92 Å². The molecular weight excluding hydrogens is 271 g/mol. The first kappa shape index (κ1) is 14.5. The van der Waals surface area contributed by atoms with Gasteiger partial charge in [0.1, 0.15) is 17.6 Å². The van der Waals surface area contributed by atoms with Gasteiger partial charge in [0, 0.05) is 11.8 Å². The molecule has 0 spiro atoms. The third-order valence-corrected chi connectivity index (χ3v) is 2.73. The Morgan fingerprint density at radius 1 is 1.33 bits per heavy atom. The maximum absolute atomic E-state index is 13.4. The molecule has 2 aromatic carbocycles. The molecule has 0 aromatic heterocycles. The minimum absolute atomic E-state index is 0.0634. The van der Waals surface area contributed by atoms with Gasteiger partial charge in [-0.2, -0.15) is 5.26 Å². The molecule has 1 N–H and O–H groups in total. The van der Waals surface area contributed by atoms with Gasteiger partial charge in [-0.1, -0.05) is 12.1 Å². The molecule has 5 heteroatoms. The van der Waals surface area contributed by atoms with Crippen LogP contribution in [0.25, 0.3) is 0 Å². The number of nitriles is 1. The van der Waals surface area contributed by atoms with Crippen LogP contribution in [-0.4, -0.2) is 12.5 Å². The molecule has 0 atom stereocenters. The Labute approximate surface area is 121 Å². The largest absolute Gasteiger partial charge is 0.484 e. The number of aryl methyl sites for hydroxylation is 1. The van der Waals surface area contributed by atoms with Crippen LogP contribution in [-0.2, 0) is 4.79 Å². The average molecular weight is 284 g/mol. The second kappa shape index (κ2) is 6.53. The van der Waals surface area contributed by atoms with Gasteiger partial charge in [0.05, 0.1) is 5.56 Å². The van der Waals surface area contributed by atoms with Crippen molar-refractivity contribution < 1.29 is 13.9 Å². The van der Waals surface area contributed by atoms with Crippen molar-refractivity contribution >= 4 is 11.6 Å². The predicted octanol–water partition coefficient (Wildman–Crippen LogP) is 3.02. The minimum Gasteiger partial charge on any atom is -0.484 e.